The van der Waals surface area contributed by atoms with Crippen molar-refractivity contribution in [2.75, 3.05) is 46.3 Å². The Morgan fingerprint density at radius 2 is 1.90 bits per heavy atom. The lowest BCUT2D eigenvalue weighted by atomic mass is 9.85. The van der Waals surface area contributed by atoms with Gasteiger partial charge in [0.2, 0.25) is 0 Å². The van der Waals surface area contributed by atoms with Gasteiger partial charge >= 0.3 is 0 Å². The maximum Gasteiger partial charge on any atom is 0.0277 e. The highest BCUT2D eigenvalue weighted by Crippen LogP contribution is 2.26. The van der Waals surface area contributed by atoms with Crippen molar-refractivity contribution in [3.8, 4) is 0 Å². The second-order valence-corrected chi connectivity index (χ2v) is 8.13. The van der Waals surface area contributed by atoms with Gasteiger partial charge in [-0.2, -0.15) is 0 Å². The number of likely N-dealkylation sites (N-methyl/N-ethyl adjacent to an activating group) is 1. The number of nitrogens with one attached hydrogen (secondary N) is 1. The van der Waals surface area contributed by atoms with Gasteiger partial charge in [-0.05, 0) is 45.2 Å². The lowest BCUT2D eigenvalue weighted by molar-refractivity contribution is 0.0179. The third-order valence-corrected chi connectivity index (χ3v) is 4.96. The summed E-state index contributed by atoms with van der Waals surface area (Å²) in [5, 5.41) is 3.66. The molecule has 3 nitrogen and oxygen atoms in total. The van der Waals surface area contributed by atoms with E-state index in [2.05, 4.69) is 63.7 Å². The normalized spacial score (nSPS) is 24.0. The Bertz CT molecular complexity index is 288. The smallest absolute Gasteiger partial charge is 0.0277 e. The first kappa shape index (κ1) is 17.9. The molecule has 3 heteroatoms. The molecule has 1 N–H and O–H groups in total. The van der Waals surface area contributed by atoms with Gasteiger partial charge < -0.3 is 5.32 Å². The predicted molar refractivity (Wildman–Crippen MR) is 89.3 cm³/mol. The first-order chi connectivity index (χ1) is 9.18. The minimum Gasteiger partial charge on any atom is -0.316 e. The summed E-state index contributed by atoms with van der Waals surface area (Å²) in [5.41, 5.74) is 0.694. The highest BCUT2D eigenvalue weighted by atomic mass is 15.3. The Hall–Kier alpha value is -0.120. The fraction of sp³-hybridized carbons (Fsp3) is 1.00. The molecule has 1 saturated heterocycles. The van der Waals surface area contributed by atoms with Gasteiger partial charge in [0.05, 0.1) is 0 Å². The molecule has 120 valence electrons. The largest absolute Gasteiger partial charge is 0.316 e. The van der Waals surface area contributed by atoms with Crippen molar-refractivity contribution in [3.05, 3.63) is 0 Å². The van der Waals surface area contributed by atoms with Crippen molar-refractivity contribution < 1.29 is 0 Å². The summed E-state index contributed by atoms with van der Waals surface area (Å²) in [6, 6.07) is 0. The van der Waals surface area contributed by atoms with Gasteiger partial charge in [0.25, 0.3) is 0 Å². The third-order valence-electron chi connectivity index (χ3n) is 4.96. The molecule has 0 aromatic heterocycles. The molecule has 1 atom stereocenters. The molecule has 0 radical (unpaired) electrons. The minimum atomic E-state index is 0.304. The monoisotopic (exact) mass is 283 g/mol. The molecule has 0 spiro atoms. The van der Waals surface area contributed by atoms with Gasteiger partial charge in [-0.15, -0.1) is 0 Å². The van der Waals surface area contributed by atoms with E-state index in [-0.39, 0.29) is 0 Å². The van der Waals surface area contributed by atoms with Crippen LogP contribution in [0.1, 0.15) is 48.0 Å². The SMILES string of the molecule is CCC(C)(CNCC(C)C)CN1CCN(C)C(C)(C)C1. The fourth-order valence-corrected chi connectivity index (χ4v) is 2.97. The van der Waals surface area contributed by atoms with Crippen LogP contribution in [0.2, 0.25) is 0 Å². The number of rotatable bonds is 7. The zero-order valence-electron chi connectivity index (χ0n) is 14.9. The maximum absolute atomic E-state index is 3.66. The molecule has 0 aromatic carbocycles. The topological polar surface area (TPSA) is 18.5 Å². The van der Waals surface area contributed by atoms with Crippen LogP contribution >= 0.6 is 0 Å². The van der Waals surface area contributed by atoms with Crippen molar-refractivity contribution in [2.45, 2.75) is 53.5 Å². The highest BCUT2D eigenvalue weighted by molar-refractivity contribution is 4.91. The summed E-state index contributed by atoms with van der Waals surface area (Å²) in [6.07, 6.45) is 1.24. The average molecular weight is 284 g/mol. The summed E-state index contributed by atoms with van der Waals surface area (Å²) in [6.45, 7) is 21.1. The molecular weight excluding hydrogens is 246 g/mol. The molecular formula is C17H37N3. The molecule has 0 amide bonds. The molecule has 1 fully saturated rings. The Kier molecular flexibility index (Phi) is 6.49. The number of hydrogen-bond acceptors (Lipinski definition) is 3. The Morgan fingerprint density at radius 3 is 2.40 bits per heavy atom. The standard InChI is InChI=1S/C17H37N3/c1-8-17(6,12-18-11-15(2)3)14-20-10-9-19(7)16(4,5)13-20/h15,18H,8-14H2,1-7H3. The van der Waals surface area contributed by atoms with Gasteiger partial charge in [-0.25, -0.2) is 0 Å². The van der Waals surface area contributed by atoms with E-state index in [1.807, 2.05) is 0 Å². The Morgan fingerprint density at radius 1 is 1.25 bits per heavy atom. The second kappa shape index (κ2) is 7.24. The molecule has 0 saturated carbocycles. The van der Waals surface area contributed by atoms with E-state index in [4.69, 9.17) is 0 Å². The molecule has 1 heterocycles. The molecule has 0 aliphatic carbocycles. The Labute approximate surface area is 127 Å². The number of nitrogens with zero attached hydrogens (tertiary/aromatic N) is 2. The minimum absolute atomic E-state index is 0.304. The molecule has 0 aromatic rings. The van der Waals surface area contributed by atoms with E-state index in [0.717, 1.165) is 19.0 Å². The van der Waals surface area contributed by atoms with Gasteiger partial charge in [0.15, 0.2) is 0 Å². The molecule has 1 rings (SSSR count). The van der Waals surface area contributed by atoms with E-state index in [1.165, 1.54) is 32.6 Å². The fourth-order valence-electron chi connectivity index (χ4n) is 2.97. The van der Waals surface area contributed by atoms with Crippen LogP contribution in [0.3, 0.4) is 0 Å². The van der Waals surface area contributed by atoms with Crippen LogP contribution in [-0.2, 0) is 0 Å². The molecule has 0 bridgehead atoms. The van der Waals surface area contributed by atoms with Crippen LogP contribution in [-0.4, -0.2) is 61.7 Å². The number of piperazine rings is 1. The van der Waals surface area contributed by atoms with Crippen molar-refractivity contribution in [3.63, 3.8) is 0 Å². The zero-order valence-corrected chi connectivity index (χ0v) is 14.9. The van der Waals surface area contributed by atoms with Crippen LogP contribution in [0.25, 0.3) is 0 Å². The summed E-state index contributed by atoms with van der Waals surface area (Å²) in [5.74, 6) is 0.735. The first-order valence-corrected chi connectivity index (χ1v) is 8.33. The lowest BCUT2D eigenvalue weighted by Crippen LogP contribution is -2.59. The second-order valence-electron chi connectivity index (χ2n) is 8.13. The van der Waals surface area contributed by atoms with Gasteiger partial charge in [0, 0.05) is 38.3 Å². The van der Waals surface area contributed by atoms with Gasteiger partial charge in [-0.3, -0.25) is 9.80 Å². The highest BCUT2D eigenvalue weighted by Gasteiger charge is 2.34. The summed E-state index contributed by atoms with van der Waals surface area (Å²) in [7, 11) is 2.25. The molecule has 1 unspecified atom stereocenters. The lowest BCUT2D eigenvalue weighted by Gasteiger charge is -2.47. The van der Waals surface area contributed by atoms with Gasteiger partial charge in [0.1, 0.15) is 0 Å². The van der Waals surface area contributed by atoms with Crippen molar-refractivity contribution in [2.24, 2.45) is 11.3 Å². The quantitative estimate of drug-likeness (QED) is 0.775. The zero-order chi connectivity index (χ0) is 15.4. The van der Waals surface area contributed by atoms with Crippen LogP contribution in [0.5, 0.6) is 0 Å². The molecule has 1 aliphatic heterocycles. The molecule has 20 heavy (non-hydrogen) atoms. The number of hydrogen-bond donors (Lipinski definition) is 1. The predicted octanol–water partition coefficient (Wildman–Crippen LogP) is 2.67. The Balaban J connectivity index is 2.50. The molecule has 1 aliphatic rings. The van der Waals surface area contributed by atoms with Crippen LogP contribution < -0.4 is 5.32 Å². The van der Waals surface area contributed by atoms with Crippen molar-refractivity contribution in [1.29, 1.82) is 0 Å². The van der Waals surface area contributed by atoms with Crippen molar-refractivity contribution in [1.82, 2.24) is 15.1 Å². The third kappa shape index (κ3) is 5.34. The van der Waals surface area contributed by atoms with E-state index in [0.29, 0.717) is 11.0 Å². The summed E-state index contributed by atoms with van der Waals surface area (Å²) in [4.78, 5) is 5.16. The van der Waals surface area contributed by atoms with Crippen LogP contribution in [0, 0.1) is 11.3 Å². The van der Waals surface area contributed by atoms with E-state index < -0.39 is 0 Å². The van der Waals surface area contributed by atoms with Crippen LogP contribution in [0.4, 0.5) is 0 Å². The summed E-state index contributed by atoms with van der Waals surface area (Å²) < 4.78 is 0. The van der Waals surface area contributed by atoms with Gasteiger partial charge in [-0.1, -0.05) is 27.7 Å². The van der Waals surface area contributed by atoms with E-state index >= 15 is 0 Å². The first-order valence-electron chi connectivity index (χ1n) is 8.33. The van der Waals surface area contributed by atoms with E-state index in [1.54, 1.807) is 0 Å². The van der Waals surface area contributed by atoms with Crippen LogP contribution in [0.15, 0.2) is 0 Å². The van der Waals surface area contributed by atoms with E-state index in [9.17, 15) is 0 Å². The maximum atomic E-state index is 3.66. The van der Waals surface area contributed by atoms with Crippen molar-refractivity contribution >= 4 is 0 Å². The average Bonchev–Trinajstić information content (AvgIpc) is 2.33. The summed E-state index contributed by atoms with van der Waals surface area (Å²) >= 11 is 0.